The number of carbonyl (C=O) groups is 1. The van der Waals surface area contributed by atoms with Gasteiger partial charge in [-0.2, -0.15) is 9.29 Å². The second kappa shape index (κ2) is 9.27. The molecule has 1 aliphatic rings. The molecule has 1 N–H and O–H groups in total. The maximum absolute atomic E-state index is 13.1. The summed E-state index contributed by atoms with van der Waals surface area (Å²) in [4.78, 5) is 20.9. The minimum atomic E-state index is -3.77. The first-order chi connectivity index (χ1) is 16.5. The third kappa shape index (κ3) is 4.39. The van der Waals surface area contributed by atoms with E-state index in [9.17, 15) is 13.2 Å². The SMILES string of the molecule is O=C(NCCc1noc(-c2ccncc2)n1)C1CCN(S(=O)(=O)c2cccc3nonc23)CC1. The summed E-state index contributed by atoms with van der Waals surface area (Å²) in [5, 5.41) is 14.3. The van der Waals surface area contributed by atoms with Crippen molar-refractivity contribution in [2.45, 2.75) is 24.2 Å². The van der Waals surface area contributed by atoms with Crippen LogP contribution in [0.5, 0.6) is 0 Å². The molecule has 4 heterocycles. The van der Waals surface area contributed by atoms with Gasteiger partial charge in [0.1, 0.15) is 10.4 Å². The molecule has 34 heavy (non-hydrogen) atoms. The first kappa shape index (κ1) is 22.1. The lowest BCUT2D eigenvalue weighted by molar-refractivity contribution is -0.126. The molecule has 1 fully saturated rings. The zero-order chi connectivity index (χ0) is 23.5. The Hall–Kier alpha value is -3.71. The topological polar surface area (TPSA) is 157 Å². The van der Waals surface area contributed by atoms with Crippen LogP contribution >= 0.6 is 0 Å². The van der Waals surface area contributed by atoms with Crippen LogP contribution in [0.2, 0.25) is 0 Å². The minimum absolute atomic E-state index is 0.0559. The van der Waals surface area contributed by atoms with Gasteiger partial charge in [0, 0.05) is 49.9 Å². The molecule has 1 aromatic carbocycles. The second-order valence-electron chi connectivity index (χ2n) is 7.86. The second-order valence-corrected chi connectivity index (χ2v) is 9.77. The van der Waals surface area contributed by atoms with Crippen molar-refractivity contribution in [1.82, 2.24) is 35.1 Å². The van der Waals surface area contributed by atoms with Crippen molar-refractivity contribution in [3.8, 4) is 11.5 Å². The lowest BCUT2D eigenvalue weighted by Gasteiger charge is -2.30. The Morgan fingerprint density at radius 2 is 1.88 bits per heavy atom. The Balaban J connectivity index is 1.13. The van der Waals surface area contributed by atoms with Gasteiger partial charge in [0.05, 0.1) is 0 Å². The summed E-state index contributed by atoms with van der Waals surface area (Å²) in [5.41, 5.74) is 1.36. The number of hydrogen-bond donors (Lipinski definition) is 1. The third-order valence-corrected chi connectivity index (χ3v) is 7.66. The molecule has 176 valence electrons. The summed E-state index contributed by atoms with van der Waals surface area (Å²) >= 11 is 0. The molecule has 0 spiro atoms. The number of nitrogens with one attached hydrogen (secondary N) is 1. The maximum atomic E-state index is 13.1. The van der Waals surface area contributed by atoms with E-state index < -0.39 is 10.0 Å². The third-order valence-electron chi connectivity index (χ3n) is 5.73. The Morgan fingerprint density at radius 1 is 1.09 bits per heavy atom. The van der Waals surface area contributed by atoms with Gasteiger partial charge in [-0.05, 0) is 47.4 Å². The fourth-order valence-electron chi connectivity index (χ4n) is 3.90. The van der Waals surface area contributed by atoms with E-state index in [1.165, 1.54) is 10.4 Å². The van der Waals surface area contributed by atoms with Crippen LogP contribution in [0.25, 0.3) is 22.5 Å². The summed E-state index contributed by atoms with van der Waals surface area (Å²) < 4.78 is 37.5. The molecule has 4 aromatic rings. The smallest absolute Gasteiger partial charge is 0.258 e. The minimum Gasteiger partial charge on any atom is -0.355 e. The molecule has 5 rings (SSSR count). The molecule has 0 unspecified atom stereocenters. The van der Waals surface area contributed by atoms with Gasteiger partial charge in [-0.15, -0.1) is 0 Å². The van der Waals surface area contributed by atoms with Crippen molar-refractivity contribution in [3.05, 3.63) is 48.5 Å². The first-order valence-electron chi connectivity index (χ1n) is 10.7. The van der Waals surface area contributed by atoms with Crippen molar-refractivity contribution >= 4 is 27.0 Å². The zero-order valence-corrected chi connectivity index (χ0v) is 18.8. The van der Waals surface area contributed by atoms with E-state index >= 15 is 0 Å². The van der Waals surface area contributed by atoms with Crippen molar-refractivity contribution in [2.24, 2.45) is 5.92 Å². The zero-order valence-electron chi connectivity index (χ0n) is 18.0. The number of fused-ring (bicyclic) bond motifs is 1. The summed E-state index contributed by atoms with van der Waals surface area (Å²) in [6, 6.07) is 8.27. The monoisotopic (exact) mass is 483 g/mol. The molecule has 1 amide bonds. The van der Waals surface area contributed by atoms with Crippen LogP contribution in [0.1, 0.15) is 18.7 Å². The standard InChI is InChI=1S/C21H21N7O5S/c29-20(23-11-6-18-24-21(32-26-18)15-4-9-22-10-5-15)14-7-12-28(13-8-14)34(30,31)17-3-1-2-16-19(17)27-33-25-16/h1-5,9-10,14H,6-8,11-13H2,(H,23,29). The number of nitrogens with zero attached hydrogens (tertiary/aromatic N) is 6. The molecular weight excluding hydrogens is 462 g/mol. The fourth-order valence-corrected chi connectivity index (χ4v) is 5.50. The number of hydrogen-bond acceptors (Lipinski definition) is 10. The average Bonchev–Trinajstić information content (AvgIpc) is 3.54. The Morgan fingerprint density at radius 3 is 2.68 bits per heavy atom. The van der Waals surface area contributed by atoms with Gasteiger partial charge in [0.15, 0.2) is 11.3 Å². The number of carbonyl (C=O) groups excluding carboxylic acids is 1. The Labute approximate surface area is 194 Å². The molecule has 0 aliphatic carbocycles. The van der Waals surface area contributed by atoms with E-state index in [1.54, 1.807) is 36.7 Å². The predicted molar refractivity (Wildman–Crippen MR) is 118 cm³/mol. The highest BCUT2D eigenvalue weighted by Gasteiger charge is 2.33. The van der Waals surface area contributed by atoms with Crippen molar-refractivity contribution in [3.63, 3.8) is 0 Å². The normalized spacial score (nSPS) is 15.5. The molecule has 3 aromatic heterocycles. The molecule has 0 saturated carbocycles. The van der Waals surface area contributed by atoms with E-state index in [0.29, 0.717) is 43.0 Å². The van der Waals surface area contributed by atoms with E-state index in [2.05, 4.69) is 35.4 Å². The van der Waals surface area contributed by atoms with Gasteiger partial charge in [-0.1, -0.05) is 11.2 Å². The fraction of sp³-hybridized carbons (Fsp3) is 0.333. The van der Waals surface area contributed by atoms with Crippen molar-refractivity contribution in [1.29, 1.82) is 0 Å². The van der Waals surface area contributed by atoms with E-state index in [1.807, 2.05) is 0 Å². The predicted octanol–water partition coefficient (Wildman–Crippen LogP) is 1.43. The lowest BCUT2D eigenvalue weighted by Crippen LogP contribution is -2.43. The summed E-state index contributed by atoms with van der Waals surface area (Å²) in [6.45, 7) is 0.832. The Kier molecular flexibility index (Phi) is 6.02. The van der Waals surface area contributed by atoms with Crippen LogP contribution in [0.3, 0.4) is 0 Å². The summed E-state index contributed by atoms with van der Waals surface area (Å²) in [5.74, 6) is 0.505. The van der Waals surface area contributed by atoms with Gasteiger partial charge >= 0.3 is 0 Å². The van der Waals surface area contributed by atoms with Gasteiger partial charge in [0.2, 0.25) is 15.9 Å². The van der Waals surface area contributed by atoms with Crippen LogP contribution in [0.4, 0.5) is 0 Å². The van der Waals surface area contributed by atoms with E-state index in [0.717, 1.165) is 5.56 Å². The first-order valence-corrected chi connectivity index (χ1v) is 12.2. The number of amides is 1. The molecule has 1 aliphatic heterocycles. The van der Waals surface area contributed by atoms with Gasteiger partial charge < -0.3 is 9.84 Å². The quantitative estimate of drug-likeness (QED) is 0.408. The molecule has 0 atom stereocenters. The lowest BCUT2D eigenvalue weighted by atomic mass is 9.97. The van der Waals surface area contributed by atoms with Crippen molar-refractivity contribution in [2.75, 3.05) is 19.6 Å². The highest BCUT2D eigenvalue weighted by Crippen LogP contribution is 2.27. The largest absolute Gasteiger partial charge is 0.355 e. The molecule has 12 nitrogen and oxygen atoms in total. The maximum Gasteiger partial charge on any atom is 0.258 e. The van der Waals surface area contributed by atoms with Crippen LogP contribution in [-0.2, 0) is 21.2 Å². The molecule has 0 bridgehead atoms. The number of piperidine rings is 1. The molecular formula is C21H21N7O5S. The Bertz CT molecular complexity index is 1400. The number of aromatic nitrogens is 5. The summed E-state index contributed by atoms with van der Waals surface area (Å²) in [7, 11) is -3.77. The van der Waals surface area contributed by atoms with Crippen LogP contribution < -0.4 is 5.32 Å². The van der Waals surface area contributed by atoms with Gasteiger partial charge in [-0.3, -0.25) is 9.78 Å². The van der Waals surface area contributed by atoms with E-state index in [4.69, 9.17) is 4.52 Å². The molecule has 13 heteroatoms. The van der Waals surface area contributed by atoms with Gasteiger partial charge in [-0.25, -0.2) is 13.0 Å². The van der Waals surface area contributed by atoms with Crippen LogP contribution in [0, 0.1) is 5.92 Å². The average molecular weight is 484 g/mol. The van der Waals surface area contributed by atoms with Crippen LogP contribution in [0.15, 0.2) is 56.8 Å². The number of pyridine rings is 1. The molecule has 1 saturated heterocycles. The van der Waals surface area contributed by atoms with Gasteiger partial charge in [0.25, 0.3) is 5.89 Å². The highest BCUT2D eigenvalue weighted by atomic mass is 32.2. The van der Waals surface area contributed by atoms with Crippen molar-refractivity contribution < 1.29 is 22.4 Å². The number of rotatable bonds is 7. The number of benzene rings is 1. The molecule has 0 radical (unpaired) electrons. The van der Waals surface area contributed by atoms with E-state index in [-0.39, 0.29) is 35.3 Å². The number of sulfonamides is 1. The highest BCUT2D eigenvalue weighted by molar-refractivity contribution is 7.89. The summed E-state index contributed by atoms with van der Waals surface area (Å²) in [6.07, 6.45) is 4.55. The van der Waals surface area contributed by atoms with Crippen LogP contribution in [-0.4, -0.2) is 63.7 Å².